The van der Waals surface area contributed by atoms with Crippen molar-refractivity contribution in [1.29, 1.82) is 0 Å². The first-order chi connectivity index (χ1) is 16.0. The van der Waals surface area contributed by atoms with E-state index in [1.54, 1.807) is 6.07 Å². The summed E-state index contributed by atoms with van der Waals surface area (Å²) in [5, 5.41) is 0. The largest absolute Gasteiger partial charge is 0.366 e. The smallest absolute Gasteiger partial charge is 0.259 e. The van der Waals surface area contributed by atoms with Gasteiger partial charge in [-0.1, -0.05) is 72.8 Å². The molecule has 0 unspecified atom stereocenters. The molecule has 5 rings (SSSR count). The van der Waals surface area contributed by atoms with Crippen molar-refractivity contribution in [3.8, 4) is 22.3 Å². The number of nitrogens with two attached hydrogens (primary N) is 1. The lowest BCUT2D eigenvalue weighted by Crippen LogP contribution is -2.34. The van der Waals surface area contributed by atoms with Gasteiger partial charge in [-0.3, -0.25) is 9.59 Å². The molecule has 0 spiro atoms. The lowest BCUT2D eigenvalue weighted by atomic mass is 9.87. The second kappa shape index (κ2) is 8.06. The van der Waals surface area contributed by atoms with Crippen LogP contribution in [0.15, 0.2) is 84.9 Å². The Morgan fingerprint density at radius 2 is 1.45 bits per heavy atom. The molecular formula is C29H24N2O2. The molecule has 4 aromatic carbocycles. The van der Waals surface area contributed by atoms with Crippen molar-refractivity contribution in [2.45, 2.75) is 20.4 Å². The molecule has 4 aromatic rings. The zero-order valence-electron chi connectivity index (χ0n) is 18.6. The summed E-state index contributed by atoms with van der Waals surface area (Å²) in [5.74, 6) is -0.587. The molecule has 4 nitrogen and oxygen atoms in total. The van der Waals surface area contributed by atoms with Crippen molar-refractivity contribution in [2.75, 3.05) is 4.90 Å². The number of hydrogen-bond acceptors (Lipinski definition) is 2. The minimum atomic E-state index is -0.488. The molecule has 33 heavy (non-hydrogen) atoms. The number of amides is 2. The number of carbonyl (C=O) groups is 2. The van der Waals surface area contributed by atoms with Crippen LogP contribution in [0.1, 0.15) is 37.4 Å². The van der Waals surface area contributed by atoms with Crippen molar-refractivity contribution in [2.24, 2.45) is 5.73 Å². The molecule has 4 heteroatoms. The minimum Gasteiger partial charge on any atom is -0.366 e. The van der Waals surface area contributed by atoms with Gasteiger partial charge in [-0.25, -0.2) is 0 Å². The van der Waals surface area contributed by atoms with E-state index in [9.17, 15) is 9.59 Å². The molecule has 0 radical (unpaired) electrons. The molecule has 0 aromatic heterocycles. The van der Waals surface area contributed by atoms with Gasteiger partial charge in [0.25, 0.3) is 5.91 Å². The van der Waals surface area contributed by atoms with Crippen LogP contribution in [0.5, 0.6) is 0 Å². The molecule has 1 aliphatic rings. The molecule has 0 atom stereocenters. The average Bonchev–Trinajstić information content (AvgIpc) is 2.83. The second-order valence-corrected chi connectivity index (χ2v) is 8.41. The van der Waals surface area contributed by atoms with Crippen molar-refractivity contribution in [1.82, 2.24) is 0 Å². The summed E-state index contributed by atoms with van der Waals surface area (Å²) >= 11 is 0. The first-order valence-electron chi connectivity index (χ1n) is 11.0. The summed E-state index contributed by atoms with van der Waals surface area (Å²) in [4.78, 5) is 28.2. The van der Waals surface area contributed by atoms with E-state index in [4.69, 9.17) is 5.73 Å². The Morgan fingerprint density at radius 3 is 2.18 bits per heavy atom. The Kier molecular flexibility index (Phi) is 5.06. The number of nitrogens with zero attached hydrogens (tertiary/aromatic N) is 1. The molecule has 1 heterocycles. The Morgan fingerprint density at radius 1 is 0.818 bits per heavy atom. The number of para-hydroxylation sites is 1. The van der Waals surface area contributed by atoms with Gasteiger partial charge in [0.2, 0.25) is 5.91 Å². The quantitative estimate of drug-likeness (QED) is 0.438. The summed E-state index contributed by atoms with van der Waals surface area (Å²) < 4.78 is 0. The first-order valence-corrected chi connectivity index (χ1v) is 11.0. The highest BCUT2D eigenvalue weighted by Gasteiger charge is 2.30. The van der Waals surface area contributed by atoms with Gasteiger partial charge >= 0.3 is 0 Å². The monoisotopic (exact) mass is 432 g/mol. The molecule has 162 valence electrons. The maximum atomic E-state index is 14.2. The molecule has 0 aliphatic carbocycles. The number of anilines is 1. The van der Waals surface area contributed by atoms with Gasteiger partial charge in [-0.05, 0) is 59.4 Å². The summed E-state index contributed by atoms with van der Waals surface area (Å²) in [7, 11) is 0. The van der Waals surface area contributed by atoms with Crippen LogP contribution in [0.25, 0.3) is 22.3 Å². The standard InChI is InChI=1S/C29H24N2O2/c1-18-16-24(27(19(2)26(18)28(30)32)20-10-4-3-5-11-20)29(33)31-17-21-12-6-7-13-22(21)23-14-8-9-15-25(23)31/h3-16H,17H2,1-2H3,(H2,30,32). The zero-order valence-corrected chi connectivity index (χ0v) is 18.6. The van der Waals surface area contributed by atoms with Gasteiger partial charge in [0.1, 0.15) is 0 Å². The van der Waals surface area contributed by atoms with Crippen molar-refractivity contribution in [3.05, 3.63) is 113 Å². The Bertz CT molecular complexity index is 1410. The first kappa shape index (κ1) is 20.7. The van der Waals surface area contributed by atoms with E-state index in [0.717, 1.165) is 39.1 Å². The lowest BCUT2D eigenvalue weighted by Gasteiger charge is -2.32. The maximum Gasteiger partial charge on any atom is 0.259 e. The topological polar surface area (TPSA) is 63.4 Å². The van der Waals surface area contributed by atoms with Crippen molar-refractivity contribution >= 4 is 17.5 Å². The molecule has 1 aliphatic heterocycles. The number of aryl methyl sites for hydroxylation is 1. The van der Waals surface area contributed by atoms with Crippen LogP contribution in [-0.2, 0) is 6.54 Å². The van der Waals surface area contributed by atoms with Gasteiger partial charge < -0.3 is 10.6 Å². The van der Waals surface area contributed by atoms with E-state index in [1.165, 1.54) is 0 Å². The third kappa shape index (κ3) is 3.40. The summed E-state index contributed by atoms with van der Waals surface area (Å²) in [6, 6.07) is 27.7. The fourth-order valence-electron chi connectivity index (χ4n) is 4.95. The van der Waals surface area contributed by atoms with Crippen LogP contribution in [0.4, 0.5) is 5.69 Å². The molecule has 2 N–H and O–H groups in total. The second-order valence-electron chi connectivity index (χ2n) is 8.41. The van der Waals surface area contributed by atoms with Crippen molar-refractivity contribution in [3.63, 3.8) is 0 Å². The van der Waals surface area contributed by atoms with Gasteiger partial charge in [-0.2, -0.15) is 0 Å². The van der Waals surface area contributed by atoms with Crippen LogP contribution in [0.3, 0.4) is 0 Å². The van der Waals surface area contributed by atoms with Crippen LogP contribution in [0.2, 0.25) is 0 Å². The van der Waals surface area contributed by atoms with Gasteiger partial charge in [-0.15, -0.1) is 0 Å². The maximum absolute atomic E-state index is 14.2. The molecule has 0 saturated carbocycles. The van der Waals surface area contributed by atoms with Gasteiger partial charge in [0, 0.05) is 16.7 Å². The predicted octanol–water partition coefficient (Wildman–Crippen LogP) is 5.90. The van der Waals surface area contributed by atoms with Crippen LogP contribution < -0.4 is 10.6 Å². The van der Waals surface area contributed by atoms with Gasteiger partial charge in [0.05, 0.1) is 12.2 Å². The summed E-state index contributed by atoms with van der Waals surface area (Å²) in [5.41, 5.74) is 14.0. The number of rotatable bonds is 3. The number of fused-ring (bicyclic) bond motifs is 3. The number of benzene rings is 4. The third-order valence-corrected chi connectivity index (χ3v) is 6.39. The van der Waals surface area contributed by atoms with E-state index in [2.05, 4.69) is 18.2 Å². The molecule has 0 fully saturated rings. The van der Waals surface area contributed by atoms with E-state index in [0.29, 0.717) is 23.2 Å². The van der Waals surface area contributed by atoms with Crippen LogP contribution in [0, 0.1) is 13.8 Å². The fourth-order valence-corrected chi connectivity index (χ4v) is 4.95. The predicted molar refractivity (Wildman–Crippen MR) is 132 cm³/mol. The highest BCUT2D eigenvalue weighted by molar-refractivity contribution is 6.14. The third-order valence-electron chi connectivity index (χ3n) is 6.39. The molecule has 0 bridgehead atoms. The molecular weight excluding hydrogens is 408 g/mol. The highest BCUT2D eigenvalue weighted by atomic mass is 16.2. The van der Waals surface area contributed by atoms with E-state index >= 15 is 0 Å². The average molecular weight is 433 g/mol. The minimum absolute atomic E-state index is 0.0990. The van der Waals surface area contributed by atoms with Gasteiger partial charge in [0.15, 0.2) is 0 Å². The summed E-state index contributed by atoms with van der Waals surface area (Å²) in [6.45, 7) is 4.18. The summed E-state index contributed by atoms with van der Waals surface area (Å²) in [6.07, 6.45) is 0. The van der Waals surface area contributed by atoms with E-state index in [1.807, 2.05) is 79.4 Å². The highest BCUT2D eigenvalue weighted by Crippen LogP contribution is 2.41. The number of carbonyl (C=O) groups excluding carboxylic acids is 2. The van der Waals surface area contributed by atoms with E-state index in [-0.39, 0.29) is 5.91 Å². The SMILES string of the molecule is Cc1cc(C(=O)N2Cc3ccccc3-c3ccccc32)c(-c2ccccc2)c(C)c1C(N)=O. The number of hydrogen-bond donors (Lipinski definition) is 1. The van der Waals surface area contributed by atoms with E-state index < -0.39 is 5.91 Å². The Hall–Kier alpha value is -4.18. The normalized spacial score (nSPS) is 12.1. The van der Waals surface area contributed by atoms with Crippen LogP contribution in [-0.4, -0.2) is 11.8 Å². The van der Waals surface area contributed by atoms with Crippen molar-refractivity contribution < 1.29 is 9.59 Å². The molecule has 2 amide bonds. The lowest BCUT2D eigenvalue weighted by molar-refractivity contribution is 0.0978. The fraction of sp³-hybridized carbons (Fsp3) is 0.103. The molecule has 0 saturated heterocycles. The Balaban J connectivity index is 1.72. The Labute approximate surface area is 193 Å². The number of primary amides is 1. The zero-order chi connectivity index (χ0) is 23.1. The van der Waals surface area contributed by atoms with Crippen LogP contribution >= 0.6 is 0 Å².